The van der Waals surface area contributed by atoms with Crippen LogP contribution in [0, 0.1) is 11.2 Å². The third-order valence-electron chi connectivity index (χ3n) is 2.13. The molecule has 0 unspecified atom stereocenters. The molecule has 2 heteroatoms. The predicted octanol–water partition coefficient (Wildman–Crippen LogP) is 3.00. The van der Waals surface area contributed by atoms with Gasteiger partial charge in [-0.15, -0.1) is 0 Å². The summed E-state index contributed by atoms with van der Waals surface area (Å²) in [5.74, 6) is -0.150. The number of rotatable bonds is 4. The first-order valence-electron chi connectivity index (χ1n) is 5.42. The summed E-state index contributed by atoms with van der Waals surface area (Å²) in [6.45, 7) is 8.48. The molecule has 0 radical (unpaired) electrons. The Morgan fingerprint density at radius 3 is 2.60 bits per heavy atom. The highest BCUT2D eigenvalue weighted by molar-refractivity contribution is 5.16. The van der Waals surface area contributed by atoms with Crippen molar-refractivity contribution in [1.82, 2.24) is 5.32 Å². The van der Waals surface area contributed by atoms with Gasteiger partial charge in [-0.2, -0.15) is 0 Å². The smallest absolute Gasteiger partial charge is 0.123 e. The zero-order valence-corrected chi connectivity index (χ0v) is 9.81. The molecule has 1 aromatic carbocycles. The molecule has 0 amide bonds. The lowest BCUT2D eigenvalue weighted by Gasteiger charge is -2.18. The van der Waals surface area contributed by atoms with Crippen molar-refractivity contribution >= 4 is 0 Å². The Morgan fingerprint density at radius 2 is 2.00 bits per heavy atom. The number of benzene rings is 1. The highest BCUT2D eigenvalue weighted by atomic mass is 19.1. The van der Waals surface area contributed by atoms with E-state index in [1.165, 1.54) is 6.07 Å². The van der Waals surface area contributed by atoms with Crippen LogP contribution in [0.4, 0.5) is 4.39 Å². The van der Waals surface area contributed by atoms with Gasteiger partial charge in [-0.1, -0.05) is 32.9 Å². The van der Waals surface area contributed by atoms with Crippen LogP contribution in [0.25, 0.3) is 0 Å². The maximum Gasteiger partial charge on any atom is 0.123 e. The molecule has 1 rings (SSSR count). The minimum absolute atomic E-state index is 0.150. The van der Waals surface area contributed by atoms with Crippen molar-refractivity contribution in [2.45, 2.75) is 27.2 Å². The maximum absolute atomic E-state index is 12.8. The molecule has 84 valence electrons. The van der Waals surface area contributed by atoms with Crippen LogP contribution in [0.3, 0.4) is 0 Å². The van der Waals surface area contributed by atoms with Crippen molar-refractivity contribution in [3.8, 4) is 0 Å². The van der Waals surface area contributed by atoms with Crippen LogP contribution in [0.5, 0.6) is 0 Å². The molecular weight excluding hydrogens is 189 g/mol. The fourth-order valence-electron chi connectivity index (χ4n) is 1.39. The van der Waals surface area contributed by atoms with Crippen LogP contribution in [0.15, 0.2) is 24.3 Å². The first-order chi connectivity index (χ1) is 6.97. The topological polar surface area (TPSA) is 12.0 Å². The van der Waals surface area contributed by atoms with Crippen molar-refractivity contribution < 1.29 is 4.39 Å². The Kier molecular flexibility index (Phi) is 4.28. The summed E-state index contributed by atoms with van der Waals surface area (Å²) < 4.78 is 12.8. The second-order valence-electron chi connectivity index (χ2n) is 5.12. The lowest BCUT2D eigenvalue weighted by molar-refractivity contribution is 0.381. The summed E-state index contributed by atoms with van der Waals surface area (Å²) in [6, 6.07) is 6.79. The van der Waals surface area contributed by atoms with Crippen LogP contribution in [-0.4, -0.2) is 13.1 Å². The highest BCUT2D eigenvalue weighted by Gasteiger charge is 2.08. The molecule has 15 heavy (non-hydrogen) atoms. The van der Waals surface area contributed by atoms with Crippen molar-refractivity contribution in [3.05, 3.63) is 35.6 Å². The van der Waals surface area contributed by atoms with E-state index in [2.05, 4.69) is 26.1 Å². The number of hydrogen-bond donors (Lipinski definition) is 1. The molecular formula is C13H20FN. The molecule has 0 saturated carbocycles. The first-order valence-corrected chi connectivity index (χ1v) is 5.42. The molecule has 0 aliphatic rings. The first kappa shape index (κ1) is 12.2. The molecule has 0 aromatic heterocycles. The summed E-state index contributed by atoms with van der Waals surface area (Å²) in [6.07, 6.45) is 0.883. The van der Waals surface area contributed by atoms with Gasteiger partial charge in [0.05, 0.1) is 0 Å². The third-order valence-corrected chi connectivity index (χ3v) is 2.13. The van der Waals surface area contributed by atoms with Crippen molar-refractivity contribution in [2.24, 2.45) is 5.41 Å². The maximum atomic E-state index is 12.8. The van der Waals surface area contributed by atoms with Crippen LogP contribution < -0.4 is 5.32 Å². The molecule has 1 aromatic rings. The van der Waals surface area contributed by atoms with E-state index >= 15 is 0 Å². The molecule has 0 saturated heterocycles. The number of hydrogen-bond acceptors (Lipinski definition) is 1. The fourth-order valence-corrected chi connectivity index (χ4v) is 1.39. The zero-order valence-electron chi connectivity index (χ0n) is 9.81. The Hall–Kier alpha value is -0.890. The van der Waals surface area contributed by atoms with Gasteiger partial charge in [0.25, 0.3) is 0 Å². The largest absolute Gasteiger partial charge is 0.316 e. The van der Waals surface area contributed by atoms with E-state index in [4.69, 9.17) is 0 Å². The molecule has 0 fully saturated rings. The quantitative estimate of drug-likeness (QED) is 0.752. The Bertz CT molecular complexity index is 302. The lowest BCUT2D eigenvalue weighted by atomic mass is 9.97. The molecule has 0 aliphatic carbocycles. The highest BCUT2D eigenvalue weighted by Crippen LogP contribution is 2.10. The summed E-state index contributed by atoms with van der Waals surface area (Å²) in [7, 11) is 0. The molecule has 1 N–H and O–H groups in total. The van der Waals surface area contributed by atoms with Crippen LogP contribution in [-0.2, 0) is 6.42 Å². The minimum Gasteiger partial charge on any atom is -0.316 e. The second-order valence-corrected chi connectivity index (χ2v) is 5.12. The van der Waals surface area contributed by atoms with E-state index in [0.717, 1.165) is 25.1 Å². The van der Waals surface area contributed by atoms with Gasteiger partial charge in [-0.25, -0.2) is 4.39 Å². The summed E-state index contributed by atoms with van der Waals surface area (Å²) >= 11 is 0. The lowest BCUT2D eigenvalue weighted by Crippen LogP contribution is -2.28. The van der Waals surface area contributed by atoms with Crippen molar-refractivity contribution in [3.63, 3.8) is 0 Å². The van der Waals surface area contributed by atoms with Gasteiger partial charge < -0.3 is 5.32 Å². The van der Waals surface area contributed by atoms with Crippen LogP contribution in [0.1, 0.15) is 26.3 Å². The molecule has 0 heterocycles. The summed E-state index contributed by atoms with van der Waals surface area (Å²) in [5.41, 5.74) is 1.36. The van der Waals surface area contributed by atoms with E-state index in [-0.39, 0.29) is 5.82 Å². The van der Waals surface area contributed by atoms with Gasteiger partial charge in [0.1, 0.15) is 5.82 Å². The van der Waals surface area contributed by atoms with Crippen molar-refractivity contribution in [1.29, 1.82) is 0 Å². The second kappa shape index (κ2) is 5.26. The van der Waals surface area contributed by atoms with Gasteiger partial charge in [-0.3, -0.25) is 0 Å². The van der Waals surface area contributed by atoms with Gasteiger partial charge >= 0.3 is 0 Å². The average Bonchev–Trinajstić information content (AvgIpc) is 2.11. The number of nitrogens with one attached hydrogen (secondary N) is 1. The molecule has 0 aliphatic heterocycles. The normalized spacial score (nSPS) is 11.7. The van der Waals surface area contributed by atoms with Gasteiger partial charge in [0.2, 0.25) is 0 Å². The number of halogens is 1. The Balaban J connectivity index is 2.26. The summed E-state index contributed by atoms with van der Waals surface area (Å²) in [4.78, 5) is 0. The minimum atomic E-state index is -0.150. The van der Waals surface area contributed by atoms with E-state index in [1.54, 1.807) is 12.1 Å². The van der Waals surface area contributed by atoms with Crippen molar-refractivity contribution in [2.75, 3.05) is 13.1 Å². The zero-order chi connectivity index (χ0) is 11.3. The third kappa shape index (κ3) is 5.53. The molecule has 0 bridgehead atoms. The molecule has 1 nitrogen and oxygen atoms in total. The standard InChI is InChI=1S/C13H20FN/c1-13(2,3)10-15-8-7-11-5-4-6-12(14)9-11/h4-6,9,15H,7-8,10H2,1-3H3. The average molecular weight is 209 g/mol. The molecule has 0 atom stereocenters. The van der Waals surface area contributed by atoms with E-state index in [1.807, 2.05) is 6.07 Å². The Labute approximate surface area is 91.7 Å². The van der Waals surface area contributed by atoms with E-state index in [9.17, 15) is 4.39 Å². The van der Waals surface area contributed by atoms with E-state index < -0.39 is 0 Å². The molecule has 0 spiro atoms. The van der Waals surface area contributed by atoms with Gasteiger partial charge in [0, 0.05) is 6.54 Å². The van der Waals surface area contributed by atoms with E-state index in [0.29, 0.717) is 5.41 Å². The fraction of sp³-hybridized carbons (Fsp3) is 0.538. The summed E-state index contributed by atoms with van der Waals surface area (Å²) in [5, 5.41) is 3.37. The van der Waals surface area contributed by atoms with Crippen LogP contribution >= 0.6 is 0 Å². The van der Waals surface area contributed by atoms with Crippen LogP contribution in [0.2, 0.25) is 0 Å². The monoisotopic (exact) mass is 209 g/mol. The van der Waals surface area contributed by atoms with Gasteiger partial charge in [0.15, 0.2) is 0 Å². The van der Waals surface area contributed by atoms with Gasteiger partial charge in [-0.05, 0) is 36.1 Å². The Morgan fingerprint density at radius 1 is 1.27 bits per heavy atom. The SMILES string of the molecule is CC(C)(C)CNCCc1cccc(F)c1. The predicted molar refractivity (Wildman–Crippen MR) is 62.4 cm³/mol.